The van der Waals surface area contributed by atoms with Crippen LogP contribution in [0.5, 0.6) is 0 Å². The average molecular weight is 161 g/mol. The highest BCUT2D eigenvalue weighted by Gasteiger charge is 2.07. The molecule has 0 amide bonds. The fraction of sp³-hybridized carbons (Fsp3) is 1.00. The molecular weight excluding hydrogens is 142 g/mol. The van der Waals surface area contributed by atoms with Gasteiger partial charge in [0.1, 0.15) is 0 Å². The van der Waals surface area contributed by atoms with Gasteiger partial charge in [-0.3, -0.25) is 0 Å². The van der Waals surface area contributed by atoms with E-state index in [1.165, 1.54) is 6.04 Å². The maximum absolute atomic E-state index is 5.61. The lowest BCUT2D eigenvalue weighted by atomic mass is 10.2. The van der Waals surface area contributed by atoms with E-state index in [9.17, 15) is 0 Å². The SMILES string of the molecule is CC(C)(C)O[SiH2]CCCN. The lowest BCUT2D eigenvalue weighted by molar-refractivity contribution is 0.138. The first-order chi connectivity index (χ1) is 4.56. The van der Waals surface area contributed by atoms with E-state index in [0.717, 1.165) is 13.0 Å². The molecule has 0 heterocycles. The summed E-state index contributed by atoms with van der Waals surface area (Å²) in [6, 6.07) is 1.22. The van der Waals surface area contributed by atoms with E-state index >= 15 is 0 Å². The van der Waals surface area contributed by atoms with Crippen molar-refractivity contribution in [3.63, 3.8) is 0 Å². The molecule has 0 saturated carbocycles. The normalized spacial score (nSPS) is 13.2. The predicted molar refractivity (Wildman–Crippen MR) is 47.9 cm³/mol. The number of hydrogen-bond acceptors (Lipinski definition) is 2. The maximum atomic E-state index is 5.61. The molecule has 0 aliphatic carbocycles. The molecule has 2 nitrogen and oxygen atoms in total. The molecule has 0 spiro atoms. The maximum Gasteiger partial charge on any atom is 0.162 e. The topological polar surface area (TPSA) is 35.2 Å². The van der Waals surface area contributed by atoms with E-state index in [1.54, 1.807) is 0 Å². The molecule has 0 aliphatic rings. The highest BCUT2D eigenvalue weighted by atomic mass is 28.2. The molecule has 0 fully saturated rings. The van der Waals surface area contributed by atoms with E-state index in [1.807, 2.05) is 0 Å². The van der Waals surface area contributed by atoms with Crippen molar-refractivity contribution in [2.75, 3.05) is 6.54 Å². The van der Waals surface area contributed by atoms with E-state index in [-0.39, 0.29) is 15.4 Å². The second kappa shape index (κ2) is 4.88. The molecule has 62 valence electrons. The third-order valence-electron chi connectivity index (χ3n) is 1.13. The average Bonchev–Trinajstić information content (AvgIpc) is 1.78. The molecule has 2 N–H and O–H groups in total. The second-order valence-electron chi connectivity index (χ2n) is 3.46. The minimum atomic E-state index is -0.284. The molecule has 0 aromatic carbocycles. The molecule has 0 saturated heterocycles. The molecule has 0 aromatic rings. The Labute approximate surface area is 66.1 Å². The third kappa shape index (κ3) is 8.14. The van der Waals surface area contributed by atoms with Crippen LogP contribution in [0.2, 0.25) is 6.04 Å². The molecule has 0 aliphatic heterocycles. The van der Waals surface area contributed by atoms with E-state index < -0.39 is 0 Å². The largest absolute Gasteiger partial charge is 0.419 e. The van der Waals surface area contributed by atoms with E-state index in [2.05, 4.69) is 20.8 Å². The zero-order valence-electron chi connectivity index (χ0n) is 7.31. The van der Waals surface area contributed by atoms with Crippen molar-refractivity contribution in [3.8, 4) is 0 Å². The Morgan fingerprint density at radius 1 is 1.40 bits per heavy atom. The first kappa shape index (κ1) is 10.1. The minimum Gasteiger partial charge on any atom is -0.419 e. The molecule has 0 bridgehead atoms. The summed E-state index contributed by atoms with van der Waals surface area (Å²) in [7, 11) is -0.284. The molecule has 0 atom stereocenters. The van der Waals surface area contributed by atoms with Crippen molar-refractivity contribution >= 4 is 9.76 Å². The quantitative estimate of drug-likeness (QED) is 0.485. The van der Waals surface area contributed by atoms with Crippen LogP contribution >= 0.6 is 0 Å². The van der Waals surface area contributed by atoms with Gasteiger partial charge in [0.2, 0.25) is 0 Å². The molecule has 0 aromatic heterocycles. The summed E-state index contributed by atoms with van der Waals surface area (Å²) in [5.41, 5.74) is 5.42. The fourth-order valence-corrected chi connectivity index (χ4v) is 1.87. The van der Waals surface area contributed by atoms with Crippen molar-refractivity contribution in [2.24, 2.45) is 5.73 Å². The van der Waals surface area contributed by atoms with Crippen LogP contribution in [0.4, 0.5) is 0 Å². The molecule has 10 heavy (non-hydrogen) atoms. The first-order valence-electron chi connectivity index (χ1n) is 3.90. The summed E-state index contributed by atoms with van der Waals surface area (Å²) in [5.74, 6) is 0. The van der Waals surface area contributed by atoms with Gasteiger partial charge in [-0.25, -0.2) is 0 Å². The van der Waals surface area contributed by atoms with Crippen molar-refractivity contribution in [3.05, 3.63) is 0 Å². The Balaban J connectivity index is 3.04. The van der Waals surface area contributed by atoms with Crippen LogP contribution in [0.25, 0.3) is 0 Å². The van der Waals surface area contributed by atoms with Crippen molar-refractivity contribution in [1.82, 2.24) is 0 Å². The highest BCUT2D eigenvalue weighted by molar-refractivity contribution is 6.27. The number of nitrogens with two attached hydrogens (primary N) is 1. The van der Waals surface area contributed by atoms with Crippen LogP contribution in [-0.4, -0.2) is 21.9 Å². The van der Waals surface area contributed by atoms with Crippen LogP contribution in [0.3, 0.4) is 0 Å². The Morgan fingerprint density at radius 3 is 2.40 bits per heavy atom. The van der Waals surface area contributed by atoms with Gasteiger partial charge in [-0.15, -0.1) is 0 Å². The summed E-state index contributed by atoms with van der Waals surface area (Å²) in [6.45, 7) is 7.10. The zero-order chi connectivity index (χ0) is 8.04. The molecule has 0 unspecified atom stereocenters. The summed E-state index contributed by atoms with van der Waals surface area (Å²) in [6.07, 6.45) is 1.13. The third-order valence-corrected chi connectivity index (χ3v) is 2.99. The fourth-order valence-electron chi connectivity index (χ4n) is 0.625. The van der Waals surface area contributed by atoms with Gasteiger partial charge < -0.3 is 10.2 Å². The van der Waals surface area contributed by atoms with Crippen molar-refractivity contribution < 1.29 is 4.43 Å². The molecule has 0 rings (SSSR count). The summed E-state index contributed by atoms with van der Waals surface area (Å²) < 4.78 is 5.61. The van der Waals surface area contributed by atoms with Crippen LogP contribution in [0, 0.1) is 0 Å². The number of rotatable bonds is 4. The van der Waals surface area contributed by atoms with E-state index in [4.69, 9.17) is 10.2 Å². The Hall–Kier alpha value is 0.137. The first-order valence-corrected chi connectivity index (χ1v) is 5.48. The van der Waals surface area contributed by atoms with Gasteiger partial charge in [0.05, 0.1) is 0 Å². The molecule has 3 heteroatoms. The Kier molecular flexibility index (Phi) is 4.94. The summed E-state index contributed by atoms with van der Waals surface area (Å²) in [4.78, 5) is 0. The van der Waals surface area contributed by atoms with Gasteiger partial charge >= 0.3 is 0 Å². The summed E-state index contributed by atoms with van der Waals surface area (Å²) in [5, 5.41) is 0. The standard InChI is InChI=1S/C7H19NOSi/c1-7(2,3)9-10-6-4-5-8/h4-6,8,10H2,1-3H3. The van der Waals surface area contributed by atoms with E-state index in [0.29, 0.717) is 0 Å². The smallest absolute Gasteiger partial charge is 0.162 e. The van der Waals surface area contributed by atoms with Crippen LogP contribution in [0.1, 0.15) is 27.2 Å². The lowest BCUT2D eigenvalue weighted by Gasteiger charge is -2.19. The minimum absolute atomic E-state index is 0.0703. The van der Waals surface area contributed by atoms with Crippen molar-refractivity contribution in [2.45, 2.75) is 38.8 Å². The van der Waals surface area contributed by atoms with Gasteiger partial charge in [0, 0.05) is 5.60 Å². The molecule has 0 radical (unpaired) electrons. The second-order valence-corrected chi connectivity index (χ2v) is 4.86. The van der Waals surface area contributed by atoms with Crippen LogP contribution in [-0.2, 0) is 4.43 Å². The van der Waals surface area contributed by atoms with Gasteiger partial charge in [-0.2, -0.15) is 0 Å². The Bertz CT molecular complexity index is 80.2. The van der Waals surface area contributed by atoms with Crippen LogP contribution < -0.4 is 5.73 Å². The van der Waals surface area contributed by atoms with Gasteiger partial charge in [-0.05, 0) is 39.8 Å². The van der Waals surface area contributed by atoms with Gasteiger partial charge in [0.25, 0.3) is 0 Å². The highest BCUT2D eigenvalue weighted by Crippen LogP contribution is 2.05. The molecular formula is C7H19NOSi. The zero-order valence-corrected chi connectivity index (χ0v) is 8.73. The summed E-state index contributed by atoms with van der Waals surface area (Å²) >= 11 is 0. The predicted octanol–water partition coefficient (Wildman–Crippen LogP) is 0.652. The Morgan fingerprint density at radius 2 is 2.00 bits per heavy atom. The van der Waals surface area contributed by atoms with Crippen molar-refractivity contribution in [1.29, 1.82) is 0 Å². The number of hydrogen-bond donors (Lipinski definition) is 1. The van der Waals surface area contributed by atoms with Crippen LogP contribution in [0.15, 0.2) is 0 Å². The monoisotopic (exact) mass is 161 g/mol. The lowest BCUT2D eigenvalue weighted by Crippen LogP contribution is -2.21. The van der Waals surface area contributed by atoms with Gasteiger partial charge in [-0.1, -0.05) is 0 Å². The van der Waals surface area contributed by atoms with Gasteiger partial charge in [0.15, 0.2) is 9.76 Å².